The summed E-state index contributed by atoms with van der Waals surface area (Å²) >= 11 is 5.59. The molecule has 2 aliphatic rings. The second kappa shape index (κ2) is 1.91. The van der Waals surface area contributed by atoms with Crippen molar-refractivity contribution in [1.82, 2.24) is 0 Å². The summed E-state index contributed by atoms with van der Waals surface area (Å²) < 4.78 is 21.0. The van der Waals surface area contributed by atoms with Crippen LogP contribution in [0.25, 0.3) is 0 Å². The normalized spacial score (nSPS) is 70.2. The highest BCUT2D eigenvalue weighted by molar-refractivity contribution is 6.26. The highest BCUT2D eigenvalue weighted by atomic mass is 35.5. The number of alkyl halides is 2. The molecule has 0 spiro atoms. The van der Waals surface area contributed by atoms with E-state index in [1.54, 1.807) is 6.92 Å². The Morgan fingerprint density at radius 1 is 1.82 bits per heavy atom. The molecule has 2 rings (SSSR count). The lowest BCUT2D eigenvalue weighted by Gasteiger charge is -2.19. The summed E-state index contributed by atoms with van der Waals surface area (Å²) in [6.45, 7) is 1.71. The van der Waals surface area contributed by atoms with E-state index in [1.807, 2.05) is 0 Å². The van der Waals surface area contributed by atoms with Crippen LogP contribution in [0, 0.1) is 11.3 Å². The van der Waals surface area contributed by atoms with Gasteiger partial charge in [-0.25, -0.2) is 4.39 Å². The Kier molecular flexibility index (Phi) is 1.16. The lowest BCUT2D eigenvalue weighted by Crippen LogP contribution is -2.19. The summed E-state index contributed by atoms with van der Waals surface area (Å²) in [4.78, 5) is 0. The molecule has 0 aromatic heterocycles. The molecule has 64 valence electrons. The fourth-order valence-corrected chi connectivity index (χ4v) is 2.77. The number of rotatable bonds is 0. The van der Waals surface area contributed by atoms with Crippen LogP contribution in [0.15, 0.2) is 0 Å². The van der Waals surface area contributed by atoms with Crippen molar-refractivity contribution in [3.8, 4) is 0 Å². The predicted molar refractivity (Wildman–Crippen MR) is 41.1 cm³/mol. The zero-order chi connectivity index (χ0) is 9.20. The molecule has 0 radical (unpaired) electrons. The molecular formula is C8H12ClFO. The van der Waals surface area contributed by atoms with Gasteiger partial charge in [0.2, 0.25) is 0 Å². The molecule has 0 heterocycles. The van der Waals surface area contributed by atoms with Crippen molar-refractivity contribution in [3.63, 3.8) is 0 Å². The van der Waals surface area contributed by atoms with E-state index in [9.17, 15) is 9.50 Å². The molecule has 1 nitrogen and oxygen atoms in total. The first-order chi connectivity index (χ1) is 5.32. The Bertz CT molecular complexity index is 223. The summed E-state index contributed by atoms with van der Waals surface area (Å²) in [6.07, 6.45) is 0.0550. The molecule has 2 fully saturated rings. The van der Waals surface area contributed by atoms with Crippen LogP contribution in [0.5, 0.6) is 0 Å². The van der Waals surface area contributed by atoms with Crippen LogP contribution >= 0.6 is 11.6 Å². The second-order valence-electron chi connectivity index (χ2n) is 3.82. The first-order valence-corrected chi connectivity index (χ1v) is 4.30. The zero-order valence-electron chi connectivity index (χ0n) is 7.40. The van der Waals surface area contributed by atoms with Crippen LogP contribution in [0.3, 0.4) is 0 Å². The first-order valence-electron chi connectivity index (χ1n) is 4.42. The second-order valence-corrected chi connectivity index (χ2v) is 4.37. The maximum Gasteiger partial charge on any atom is 0.195 e. The highest BCUT2D eigenvalue weighted by Crippen LogP contribution is 2.73. The molecule has 1 unspecified atom stereocenters. The molecule has 0 aromatic carbocycles. The number of fused-ring (bicyclic) bond motifs is 1. The molecule has 1 N–H and O–H groups in total. The van der Waals surface area contributed by atoms with Gasteiger partial charge >= 0.3 is 0 Å². The molecule has 0 bridgehead atoms. The van der Waals surface area contributed by atoms with Crippen molar-refractivity contribution in [3.05, 3.63) is 0 Å². The van der Waals surface area contributed by atoms with Gasteiger partial charge in [-0.05, 0) is 12.8 Å². The molecule has 11 heavy (non-hydrogen) atoms. The van der Waals surface area contributed by atoms with Crippen molar-refractivity contribution in [2.45, 2.75) is 37.4 Å². The molecule has 0 aromatic rings. The van der Waals surface area contributed by atoms with E-state index in [0.717, 1.165) is 0 Å². The summed E-state index contributed by atoms with van der Waals surface area (Å²) in [5.74, 6) is -0.701. The van der Waals surface area contributed by atoms with Crippen LogP contribution in [0.2, 0.25) is 0 Å². The van der Waals surface area contributed by atoms with Gasteiger partial charge < -0.3 is 5.11 Å². The van der Waals surface area contributed by atoms with Gasteiger partial charge in [-0.3, -0.25) is 0 Å². The van der Waals surface area contributed by atoms with Gasteiger partial charge in [0.1, 0.15) is 0 Å². The zero-order valence-corrected chi connectivity index (χ0v) is 7.16. The molecular weight excluding hydrogens is 167 g/mol. The third-order valence-electron chi connectivity index (χ3n) is 3.14. The number of aliphatic hydroxyl groups is 1. The van der Waals surface area contributed by atoms with Crippen molar-refractivity contribution >= 4 is 11.6 Å². The van der Waals surface area contributed by atoms with Crippen LogP contribution < -0.4 is 0 Å². The summed E-state index contributed by atoms with van der Waals surface area (Å²) in [6, 6.07) is 0. The third-order valence-corrected chi connectivity index (χ3v) is 3.79. The highest BCUT2D eigenvalue weighted by Gasteiger charge is 2.77. The topological polar surface area (TPSA) is 20.2 Å². The Hall–Kier alpha value is 0.180. The van der Waals surface area contributed by atoms with Gasteiger partial charge in [0.15, 0.2) is 5.13 Å². The average Bonchev–Trinajstić information content (AvgIpc) is 2.26. The number of hydrogen-bond donors (Lipinski definition) is 1. The molecule has 4 atom stereocenters. The van der Waals surface area contributed by atoms with Crippen molar-refractivity contribution in [2.24, 2.45) is 11.3 Å². The van der Waals surface area contributed by atoms with Crippen molar-refractivity contribution in [1.29, 1.82) is 0 Å². The first kappa shape index (κ1) is 6.67. The van der Waals surface area contributed by atoms with E-state index < -0.39 is 22.5 Å². The molecule has 0 amide bonds. The van der Waals surface area contributed by atoms with E-state index in [2.05, 4.69) is 0 Å². The Balaban J connectivity index is 2.31. The van der Waals surface area contributed by atoms with Crippen LogP contribution in [-0.4, -0.2) is 16.3 Å². The van der Waals surface area contributed by atoms with E-state index in [-0.39, 0.29) is 0 Å². The Labute approximate surface area is 72.0 Å². The standard InChI is InChI=1S/C8H12ClFO/c1-7-4-2-3-5(11)6(7)8(7,9)10/h5-6,11H,2-4H2,1H3/t5-,6?,7+,8+/m1/s1/i5D. The molecule has 3 heteroatoms. The largest absolute Gasteiger partial charge is 0.393 e. The van der Waals surface area contributed by atoms with Crippen LogP contribution in [-0.2, 0) is 0 Å². The smallest absolute Gasteiger partial charge is 0.195 e. The third kappa shape index (κ3) is 0.748. The van der Waals surface area contributed by atoms with Crippen LogP contribution in [0.1, 0.15) is 27.6 Å². The van der Waals surface area contributed by atoms with Crippen LogP contribution in [0.4, 0.5) is 4.39 Å². The summed E-state index contributed by atoms with van der Waals surface area (Å²) in [7, 11) is 0. The molecule has 0 saturated heterocycles. The predicted octanol–water partition coefficient (Wildman–Crippen LogP) is 2.07. The van der Waals surface area contributed by atoms with Gasteiger partial charge in [-0.15, -0.1) is 0 Å². The van der Waals surface area contributed by atoms with Gasteiger partial charge in [0.25, 0.3) is 0 Å². The minimum atomic E-state index is -1.85. The molecule has 2 aliphatic carbocycles. The fourth-order valence-electron chi connectivity index (χ4n) is 2.25. The van der Waals surface area contributed by atoms with Gasteiger partial charge in [-0.2, -0.15) is 0 Å². The van der Waals surface area contributed by atoms with Gasteiger partial charge in [0.05, 0.1) is 7.45 Å². The van der Waals surface area contributed by atoms with E-state index in [0.29, 0.717) is 19.3 Å². The van der Waals surface area contributed by atoms with Gasteiger partial charge in [-0.1, -0.05) is 24.9 Å². The number of halogens is 2. The maximum absolute atomic E-state index is 13.5. The van der Waals surface area contributed by atoms with E-state index in [4.69, 9.17) is 13.0 Å². The summed E-state index contributed by atoms with van der Waals surface area (Å²) in [5.41, 5.74) is -0.663. The Morgan fingerprint density at radius 2 is 2.45 bits per heavy atom. The molecule has 0 aliphatic heterocycles. The number of hydrogen-bond acceptors (Lipinski definition) is 1. The molecule has 2 saturated carbocycles. The van der Waals surface area contributed by atoms with Crippen molar-refractivity contribution < 1.29 is 10.9 Å². The summed E-state index contributed by atoms with van der Waals surface area (Å²) in [5, 5.41) is 7.68. The quantitative estimate of drug-likeness (QED) is 0.565. The van der Waals surface area contributed by atoms with Gasteiger partial charge in [0, 0.05) is 11.3 Å². The maximum atomic E-state index is 13.5. The fraction of sp³-hybridized carbons (Fsp3) is 1.00. The monoisotopic (exact) mass is 179 g/mol. The van der Waals surface area contributed by atoms with E-state index >= 15 is 0 Å². The Morgan fingerprint density at radius 3 is 2.91 bits per heavy atom. The SMILES string of the molecule is [2H][C@@]1(O)CCC[C@@]2(C)C1[C@@]2(F)Cl. The van der Waals surface area contributed by atoms with E-state index in [1.165, 1.54) is 0 Å². The lowest BCUT2D eigenvalue weighted by atomic mass is 9.88. The minimum absolute atomic E-state index is 0.339. The van der Waals surface area contributed by atoms with Crippen molar-refractivity contribution in [2.75, 3.05) is 0 Å². The average molecular weight is 180 g/mol. The lowest BCUT2D eigenvalue weighted by molar-refractivity contribution is 0.0954. The minimum Gasteiger partial charge on any atom is -0.393 e.